The van der Waals surface area contributed by atoms with Gasteiger partial charge < -0.3 is 4.74 Å². The van der Waals surface area contributed by atoms with Gasteiger partial charge in [-0.05, 0) is 52.9 Å². The fraction of sp³-hybridized carbons (Fsp3) is 0. The van der Waals surface area contributed by atoms with Crippen molar-refractivity contribution in [3.63, 3.8) is 0 Å². The molecule has 1 aromatic heterocycles. The second-order valence-corrected chi connectivity index (χ2v) is 4.10. The van der Waals surface area contributed by atoms with E-state index in [1.807, 2.05) is 24.3 Å². The summed E-state index contributed by atoms with van der Waals surface area (Å²) in [5.41, 5.74) is 0. The molecule has 0 fully saturated rings. The number of ether oxygens (including phenoxy) is 1. The number of nitrogens with zero attached hydrogens (tertiary/aromatic N) is 1. The number of hydrogen-bond donors (Lipinski definition) is 0. The van der Waals surface area contributed by atoms with Crippen LogP contribution in [0.4, 0.5) is 4.39 Å². The molecule has 2 aromatic rings. The Bertz CT molecular complexity index is 458. The monoisotopic (exact) mass is 315 g/mol. The first-order chi connectivity index (χ1) is 7.24. The zero-order valence-electron chi connectivity index (χ0n) is 7.65. The minimum atomic E-state index is -0.544. The van der Waals surface area contributed by atoms with Crippen molar-refractivity contribution in [3.05, 3.63) is 52.0 Å². The van der Waals surface area contributed by atoms with Crippen LogP contribution in [0, 0.1) is 9.52 Å². The molecule has 2 nitrogen and oxygen atoms in total. The molecular weight excluding hydrogens is 308 g/mol. The minimum absolute atomic E-state index is 0.260. The molecule has 0 unspecified atom stereocenters. The molecule has 0 aliphatic carbocycles. The Morgan fingerprint density at radius 2 is 1.80 bits per heavy atom. The molecule has 0 saturated carbocycles. The van der Waals surface area contributed by atoms with E-state index in [4.69, 9.17) is 4.74 Å². The fourth-order valence-corrected chi connectivity index (χ4v) is 1.43. The third-order valence-corrected chi connectivity index (χ3v) is 2.44. The molecule has 1 aromatic carbocycles. The Morgan fingerprint density at radius 1 is 1.07 bits per heavy atom. The van der Waals surface area contributed by atoms with Crippen LogP contribution in [0.5, 0.6) is 11.6 Å². The number of aromatic nitrogens is 1. The Morgan fingerprint density at radius 3 is 2.47 bits per heavy atom. The van der Waals surface area contributed by atoms with Crippen molar-refractivity contribution in [2.24, 2.45) is 0 Å². The lowest BCUT2D eigenvalue weighted by molar-refractivity contribution is 0.445. The number of benzene rings is 1. The van der Waals surface area contributed by atoms with E-state index in [1.165, 1.54) is 6.07 Å². The molecule has 0 atom stereocenters. The maximum atomic E-state index is 12.7. The molecule has 0 bridgehead atoms. The van der Waals surface area contributed by atoms with Gasteiger partial charge in [0, 0.05) is 9.64 Å². The minimum Gasteiger partial charge on any atom is -0.439 e. The Balaban J connectivity index is 2.18. The third-order valence-electron chi connectivity index (χ3n) is 1.73. The van der Waals surface area contributed by atoms with E-state index in [0.717, 1.165) is 3.57 Å². The Hall–Kier alpha value is -1.17. The molecule has 76 valence electrons. The molecular formula is C11H7FINO. The summed E-state index contributed by atoms with van der Waals surface area (Å²) in [6.07, 6.45) is 0. The van der Waals surface area contributed by atoms with Crippen LogP contribution in [0.15, 0.2) is 42.5 Å². The van der Waals surface area contributed by atoms with Gasteiger partial charge in [0.25, 0.3) is 0 Å². The van der Waals surface area contributed by atoms with Crippen LogP contribution in [-0.2, 0) is 0 Å². The maximum absolute atomic E-state index is 12.7. The Kier molecular flexibility index (Phi) is 3.15. The van der Waals surface area contributed by atoms with Crippen molar-refractivity contribution >= 4 is 22.6 Å². The van der Waals surface area contributed by atoms with Gasteiger partial charge in [0.05, 0.1) is 0 Å². The number of rotatable bonds is 2. The zero-order valence-corrected chi connectivity index (χ0v) is 9.81. The summed E-state index contributed by atoms with van der Waals surface area (Å²) >= 11 is 2.20. The molecule has 1 heterocycles. The molecule has 15 heavy (non-hydrogen) atoms. The second kappa shape index (κ2) is 4.57. The van der Waals surface area contributed by atoms with Gasteiger partial charge in [0.2, 0.25) is 11.8 Å². The van der Waals surface area contributed by atoms with E-state index in [1.54, 1.807) is 12.1 Å². The summed E-state index contributed by atoms with van der Waals surface area (Å²) in [6.45, 7) is 0. The topological polar surface area (TPSA) is 22.1 Å². The van der Waals surface area contributed by atoms with Crippen LogP contribution in [0.1, 0.15) is 0 Å². The van der Waals surface area contributed by atoms with Crippen molar-refractivity contribution in [2.75, 3.05) is 0 Å². The smallest absolute Gasteiger partial charge is 0.221 e. The average Bonchev–Trinajstić information content (AvgIpc) is 2.22. The van der Waals surface area contributed by atoms with Gasteiger partial charge in [-0.3, -0.25) is 0 Å². The predicted octanol–water partition coefficient (Wildman–Crippen LogP) is 3.62. The molecule has 0 aliphatic heterocycles. The quantitative estimate of drug-likeness (QED) is 0.624. The SMILES string of the molecule is Fc1cccc(Oc2ccc(I)cc2)n1. The molecule has 0 saturated heterocycles. The van der Waals surface area contributed by atoms with Crippen LogP contribution in [0.25, 0.3) is 0 Å². The largest absolute Gasteiger partial charge is 0.439 e. The maximum Gasteiger partial charge on any atom is 0.221 e. The lowest BCUT2D eigenvalue weighted by Gasteiger charge is -2.03. The van der Waals surface area contributed by atoms with Crippen molar-refractivity contribution < 1.29 is 9.13 Å². The van der Waals surface area contributed by atoms with Crippen molar-refractivity contribution in [1.29, 1.82) is 0 Å². The number of pyridine rings is 1. The first-order valence-corrected chi connectivity index (χ1v) is 5.38. The van der Waals surface area contributed by atoms with E-state index in [0.29, 0.717) is 5.75 Å². The van der Waals surface area contributed by atoms with Gasteiger partial charge in [-0.2, -0.15) is 9.37 Å². The molecule has 0 aliphatic rings. The van der Waals surface area contributed by atoms with E-state index < -0.39 is 5.95 Å². The predicted molar refractivity (Wildman–Crippen MR) is 63.4 cm³/mol. The highest BCUT2D eigenvalue weighted by Crippen LogP contribution is 2.20. The van der Waals surface area contributed by atoms with Crippen molar-refractivity contribution in [2.45, 2.75) is 0 Å². The van der Waals surface area contributed by atoms with Crippen LogP contribution in [0.3, 0.4) is 0 Å². The van der Waals surface area contributed by atoms with Gasteiger partial charge in [0.1, 0.15) is 5.75 Å². The zero-order chi connectivity index (χ0) is 10.7. The normalized spacial score (nSPS) is 10.0. The molecule has 4 heteroatoms. The highest BCUT2D eigenvalue weighted by molar-refractivity contribution is 14.1. The summed E-state index contributed by atoms with van der Waals surface area (Å²) in [7, 11) is 0. The summed E-state index contributed by atoms with van der Waals surface area (Å²) in [5.74, 6) is 0.364. The lowest BCUT2D eigenvalue weighted by Crippen LogP contribution is -1.89. The van der Waals surface area contributed by atoms with E-state index in [-0.39, 0.29) is 5.88 Å². The van der Waals surface area contributed by atoms with Crippen molar-refractivity contribution in [1.82, 2.24) is 4.98 Å². The van der Waals surface area contributed by atoms with E-state index in [2.05, 4.69) is 27.6 Å². The van der Waals surface area contributed by atoms with Crippen LogP contribution < -0.4 is 4.74 Å². The molecule has 0 spiro atoms. The van der Waals surface area contributed by atoms with Crippen LogP contribution in [0.2, 0.25) is 0 Å². The summed E-state index contributed by atoms with van der Waals surface area (Å²) in [5, 5.41) is 0. The highest BCUT2D eigenvalue weighted by atomic mass is 127. The third kappa shape index (κ3) is 2.89. The molecule has 0 amide bonds. The van der Waals surface area contributed by atoms with E-state index >= 15 is 0 Å². The standard InChI is InChI=1S/C11H7FINO/c12-10-2-1-3-11(14-10)15-9-6-4-8(13)5-7-9/h1-7H. The van der Waals surface area contributed by atoms with Gasteiger partial charge in [-0.1, -0.05) is 6.07 Å². The average molecular weight is 315 g/mol. The van der Waals surface area contributed by atoms with E-state index in [9.17, 15) is 4.39 Å². The van der Waals surface area contributed by atoms with Gasteiger partial charge in [-0.25, -0.2) is 0 Å². The van der Waals surface area contributed by atoms with Crippen LogP contribution in [-0.4, -0.2) is 4.98 Å². The molecule has 2 rings (SSSR count). The first-order valence-electron chi connectivity index (χ1n) is 4.30. The second-order valence-electron chi connectivity index (χ2n) is 2.85. The molecule has 0 radical (unpaired) electrons. The van der Waals surface area contributed by atoms with Gasteiger partial charge >= 0.3 is 0 Å². The molecule has 0 N–H and O–H groups in total. The van der Waals surface area contributed by atoms with Gasteiger partial charge in [-0.15, -0.1) is 0 Å². The van der Waals surface area contributed by atoms with Crippen LogP contribution >= 0.6 is 22.6 Å². The summed E-state index contributed by atoms with van der Waals surface area (Å²) in [6, 6.07) is 11.9. The van der Waals surface area contributed by atoms with Crippen molar-refractivity contribution in [3.8, 4) is 11.6 Å². The lowest BCUT2D eigenvalue weighted by atomic mass is 10.3. The first kappa shape index (κ1) is 10.4. The number of halogens is 2. The van der Waals surface area contributed by atoms with Gasteiger partial charge in [0.15, 0.2) is 0 Å². The highest BCUT2D eigenvalue weighted by Gasteiger charge is 1.99. The Labute approximate surface area is 100 Å². The summed E-state index contributed by atoms with van der Waals surface area (Å²) in [4.78, 5) is 3.60. The fourth-order valence-electron chi connectivity index (χ4n) is 1.07. The summed E-state index contributed by atoms with van der Waals surface area (Å²) < 4.78 is 19.2. The number of hydrogen-bond acceptors (Lipinski definition) is 2.